The van der Waals surface area contributed by atoms with E-state index in [-0.39, 0.29) is 17.3 Å². The van der Waals surface area contributed by atoms with E-state index in [0.717, 1.165) is 11.3 Å². The third-order valence-electron chi connectivity index (χ3n) is 4.78. The number of rotatable bonds is 8. The topological polar surface area (TPSA) is 103 Å². The molecule has 0 radical (unpaired) electrons. The maximum Gasteiger partial charge on any atom is 0.271 e. The molecule has 30 heavy (non-hydrogen) atoms. The first-order valence-corrected chi connectivity index (χ1v) is 9.31. The van der Waals surface area contributed by atoms with Crippen molar-refractivity contribution in [3.63, 3.8) is 0 Å². The number of methoxy groups -OCH3 is 1. The summed E-state index contributed by atoms with van der Waals surface area (Å²) in [5, 5.41) is 18.1. The van der Waals surface area contributed by atoms with Crippen LogP contribution in [-0.2, 0) is 11.3 Å². The molecule has 0 bridgehead atoms. The second kappa shape index (κ2) is 9.19. The number of nitro benzene ring substituents is 1. The Balaban J connectivity index is 1.67. The number of benzene rings is 2. The van der Waals surface area contributed by atoms with E-state index in [2.05, 4.69) is 10.4 Å². The molecule has 0 aliphatic carbocycles. The SMILES string of the molecule is COc1ccc([N+](=O)[O-])cc1NC(=O)C(C)N(C)Cc1cnn(-c2ccccc2)c1. The average molecular weight is 409 g/mol. The Morgan fingerprint density at radius 1 is 1.30 bits per heavy atom. The molecular weight excluding hydrogens is 386 g/mol. The predicted molar refractivity (Wildman–Crippen MR) is 113 cm³/mol. The maximum absolute atomic E-state index is 12.7. The van der Waals surface area contributed by atoms with Crippen LogP contribution in [0.1, 0.15) is 12.5 Å². The van der Waals surface area contributed by atoms with E-state index in [9.17, 15) is 14.9 Å². The van der Waals surface area contributed by atoms with Gasteiger partial charge in [-0.2, -0.15) is 5.10 Å². The molecule has 1 amide bonds. The smallest absolute Gasteiger partial charge is 0.271 e. The maximum atomic E-state index is 12.7. The van der Waals surface area contributed by atoms with Crippen LogP contribution in [0.15, 0.2) is 60.9 Å². The zero-order valence-corrected chi connectivity index (χ0v) is 17.0. The van der Waals surface area contributed by atoms with E-state index in [1.54, 1.807) is 17.8 Å². The summed E-state index contributed by atoms with van der Waals surface area (Å²) in [6.07, 6.45) is 3.68. The molecule has 1 atom stereocenters. The fraction of sp³-hybridized carbons (Fsp3) is 0.238. The molecule has 0 aliphatic rings. The molecule has 9 nitrogen and oxygen atoms in total. The van der Waals surface area contributed by atoms with E-state index in [0.29, 0.717) is 12.3 Å². The summed E-state index contributed by atoms with van der Waals surface area (Å²) >= 11 is 0. The average Bonchev–Trinajstić information content (AvgIpc) is 3.22. The normalized spacial score (nSPS) is 11.9. The van der Waals surface area contributed by atoms with Crippen LogP contribution in [0.5, 0.6) is 5.75 Å². The number of carbonyl (C=O) groups is 1. The molecule has 1 N–H and O–H groups in total. The zero-order chi connectivity index (χ0) is 21.7. The fourth-order valence-corrected chi connectivity index (χ4v) is 2.93. The lowest BCUT2D eigenvalue weighted by Gasteiger charge is -2.23. The van der Waals surface area contributed by atoms with Gasteiger partial charge in [-0.3, -0.25) is 19.8 Å². The molecule has 1 aromatic heterocycles. The van der Waals surface area contributed by atoms with E-state index in [1.807, 2.05) is 48.5 Å². The van der Waals surface area contributed by atoms with Gasteiger partial charge in [0.15, 0.2) is 0 Å². The second-order valence-corrected chi connectivity index (χ2v) is 6.85. The van der Waals surface area contributed by atoms with Crippen molar-refractivity contribution in [2.45, 2.75) is 19.5 Å². The molecule has 1 unspecified atom stereocenters. The van der Waals surface area contributed by atoms with Crippen LogP contribution < -0.4 is 10.1 Å². The van der Waals surface area contributed by atoms with Gasteiger partial charge in [-0.05, 0) is 32.2 Å². The molecule has 3 aromatic rings. The number of hydrogen-bond acceptors (Lipinski definition) is 6. The molecular formula is C21H23N5O4. The first-order chi connectivity index (χ1) is 14.4. The van der Waals surface area contributed by atoms with Crippen LogP contribution in [0.4, 0.5) is 11.4 Å². The van der Waals surface area contributed by atoms with Gasteiger partial charge in [-0.25, -0.2) is 4.68 Å². The molecule has 9 heteroatoms. The third kappa shape index (κ3) is 4.81. The van der Waals surface area contributed by atoms with Crippen LogP contribution in [0.3, 0.4) is 0 Å². The summed E-state index contributed by atoms with van der Waals surface area (Å²) in [4.78, 5) is 25.1. The Kier molecular flexibility index (Phi) is 6.43. The number of ether oxygens (including phenoxy) is 1. The first-order valence-electron chi connectivity index (χ1n) is 9.31. The Labute approximate surface area is 174 Å². The van der Waals surface area contributed by atoms with Crippen LogP contribution in [0, 0.1) is 10.1 Å². The lowest BCUT2D eigenvalue weighted by molar-refractivity contribution is -0.384. The third-order valence-corrected chi connectivity index (χ3v) is 4.78. The Morgan fingerprint density at radius 3 is 2.70 bits per heavy atom. The van der Waals surface area contributed by atoms with E-state index in [1.165, 1.54) is 25.3 Å². The van der Waals surface area contributed by atoms with Crippen LogP contribution in [0.2, 0.25) is 0 Å². The number of nitro groups is 1. The molecule has 0 aliphatic heterocycles. The van der Waals surface area contributed by atoms with Gasteiger partial charge in [0.25, 0.3) is 5.69 Å². The molecule has 0 saturated carbocycles. The van der Waals surface area contributed by atoms with Gasteiger partial charge in [0.05, 0.1) is 35.6 Å². The monoisotopic (exact) mass is 409 g/mol. The van der Waals surface area contributed by atoms with Crippen molar-refractivity contribution in [2.24, 2.45) is 0 Å². The van der Waals surface area contributed by atoms with E-state index < -0.39 is 11.0 Å². The summed E-state index contributed by atoms with van der Waals surface area (Å²) < 4.78 is 6.98. The number of carbonyl (C=O) groups excluding carboxylic acids is 1. The quantitative estimate of drug-likeness (QED) is 0.453. The number of nitrogens with zero attached hydrogens (tertiary/aromatic N) is 4. The van der Waals surface area contributed by atoms with Crippen LogP contribution in [-0.4, -0.2) is 45.7 Å². The fourth-order valence-electron chi connectivity index (χ4n) is 2.93. The largest absolute Gasteiger partial charge is 0.495 e. The summed E-state index contributed by atoms with van der Waals surface area (Å²) in [7, 11) is 3.27. The Bertz CT molecular complexity index is 1030. The standard InChI is InChI=1S/C21H23N5O4/c1-15(21(27)23-19-11-18(26(28)29)9-10-20(19)30-3)24(2)13-16-12-22-25(14-16)17-7-5-4-6-8-17/h4-12,14-15H,13H2,1-3H3,(H,23,27). The molecule has 0 spiro atoms. The highest BCUT2D eigenvalue weighted by atomic mass is 16.6. The van der Waals surface area contributed by atoms with Gasteiger partial charge < -0.3 is 10.1 Å². The van der Waals surface area contributed by atoms with Crippen molar-refractivity contribution >= 4 is 17.3 Å². The number of hydrogen-bond donors (Lipinski definition) is 1. The minimum atomic E-state index is -0.519. The molecule has 3 rings (SSSR count). The number of para-hydroxylation sites is 1. The Hall–Kier alpha value is -3.72. The number of non-ortho nitro benzene ring substituents is 1. The highest BCUT2D eigenvalue weighted by Gasteiger charge is 2.21. The van der Waals surface area contributed by atoms with E-state index >= 15 is 0 Å². The second-order valence-electron chi connectivity index (χ2n) is 6.85. The van der Waals surface area contributed by atoms with Crippen molar-refractivity contribution in [2.75, 3.05) is 19.5 Å². The van der Waals surface area contributed by atoms with Crippen LogP contribution in [0.25, 0.3) is 5.69 Å². The minimum absolute atomic E-state index is 0.125. The summed E-state index contributed by atoms with van der Waals surface area (Å²) in [5.74, 6) is 0.0553. The zero-order valence-electron chi connectivity index (χ0n) is 17.0. The molecule has 0 saturated heterocycles. The Morgan fingerprint density at radius 2 is 2.03 bits per heavy atom. The lowest BCUT2D eigenvalue weighted by Crippen LogP contribution is -2.39. The summed E-state index contributed by atoms with van der Waals surface area (Å²) in [6.45, 7) is 2.27. The van der Waals surface area contributed by atoms with Crippen molar-refractivity contribution < 1.29 is 14.5 Å². The summed E-state index contributed by atoms with van der Waals surface area (Å²) in [6, 6.07) is 13.3. The minimum Gasteiger partial charge on any atom is -0.495 e. The predicted octanol–water partition coefficient (Wildman–Crippen LogP) is 3.25. The van der Waals surface area contributed by atoms with Crippen molar-refractivity contribution in [1.82, 2.24) is 14.7 Å². The highest BCUT2D eigenvalue weighted by molar-refractivity contribution is 5.96. The molecule has 1 heterocycles. The van der Waals surface area contributed by atoms with Crippen molar-refractivity contribution in [3.8, 4) is 11.4 Å². The number of nitrogens with one attached hydrogen (secondary N) is 1. The number of likely N-dealkylation sites (N-methyl/N-ethyl adjacent to an activating group) is 1. The van der Waals surface area contributed by atoms with Crippen molar-refractivity contribution in [3.05, 3.63) is 76.6 Å². The highest BCUT2D eigenvalue weighted by Crippen LogP contribution is 2.29. The number of aromatic nitrogens is 2. The van der Waals surface area contributed by atoms with Gasteiger partial charge in [-0.1, -0.05) is 18.2 Å². The van der Waals surface area contributed by atoms with Gasteiger partial charge in [0, 0.05) is 30.4 Å². The molecule has 0 fully saturated rings. The van der Waals surface area contributed by atoms with Crippen molar-refractivity contribution in [1.29, 1.82) is 0 Å². The van der Waals surface area contributed by atoms with Gasteiger partial charge in [0.1, 0.15) is 5.75 Å². The van der Waals surface area contributed by atoms with Gasteiger partial charge in [0.2, 0.25) is 5.91 Å². The summed E-state index contributed by atoms with van der Waals surface area (Å²) in [5.41, 5.74) is 2.04. The van der Waals surface area contributed by atoms with Gasteiger partial charge >= 0.3 is 0 Å². The van der Waals surface area contributed by atoms with Crippen LogP contribution >= 0.6 is 0 Å². The molecule has 156 valence electrons. The number of anilines is 1. The lowest BCUT2D eigenvalue weighted by atomic mass is 10.2. The first kappa shape index (κ1) is 21.0. The van der Waals surface area contributed by atoms with E-state index in [4.69, 9.17) is 4.74 Å². The molecule has 2 aromatic carbocycles. The number of amides is 1. The van der Waals surface area contributed by atoms with Gasteiger partial charge in [-0.15, -0.1) is 0 Å².